The molecular formula is C21H18BrN5O3. The number of nitrogens with zero attached hydrogens (tertiary/aromatic N) is 3. The van der Waals surface area contributed by atoms with Gasteiger partial charge in [0.1, 0.15) is 11.2 Å². The van der Waals surface area contributed by atoms with Crippen LogP contribution in [0.5, 0.6) is 0 Å². The third-order valence-corrected chi connectivity index (χ3v) is 5.33. The summed E-state index contributed by atoms with van der Waals surface area (Å²) in [6.45, 7) is 2.31. The smallest absolute Gasteiger partial charge is 0.260 e. The standard InChI is InChI=1S/C21H18BrN5O3/c1-13-7-8-14(20(28)25-18-9-10-30-26-18)11-17(13)24-21(29)16-12-23-27(19(16)22)15-5-3-2-4-6-15/h2-8,11-12H,9-10H2,1H3,(H,24,29)(H,25,26,28). The highest BCUT2D eigenvalue weighted by Crippen LogP contribution is 2.23. The molecule has 4 rings (SSSR count). The average molecular weight is 468 g/mol. The number of anilines is 1. The van der Waals surface area contributed by atoms with E-state index in [1.165, 1.54) is 6.20 Å². The van der Waals surface area contributed by atoms with E-state index in [9.17, 15) is 9.59 Å². The number of amidine groups is 1. The minimum Gasteiger partial charge on any atom is -0.394 e. The van der Waals surface area contributed by atoms with E-state index in [0.29, 0.717) is 40.3 Å². The van der Waals surface area contributed by atoms with Crippen LogP contribution in [-0.2, 0) is 4.84 Å². The molecule has 0 bridgehead atoms. The normalized spacial score (nSPS) is 12.8. The van der Waals surface area contributed by atoms with E-state index in [4.69, 9.17) is 4.84 Å². The number of oxime groups is 1. The van der Waals surface area contributed by atoms with Crippen molar-refractivity contribution in [2.75, 3.05) is 11.9 Å². The van der Waals surface area contributed by atoms with Gasteiger partial charge < -0.3 is 15.5 Å². The number of aryl methyl sites for hydroxylation is 1. The molecule has 2 heterocycles. The second-order valence-corrected chi connectivity index (χ2v) is 7.41. The molecule has 2 aromatic carbocycles. The average Bonchev–Trinajstić information content (AvgIpc) is 3.39. The van der Waals surface area contributed by atoms with Gasteiger partial charge in [0.25, 0.3) is 11.8 Å². The van der Waals surface area contributed by atoms with Gasteiger partial charge in [-0.15, -0.1) is 0 Å². The molecule has 30 heavy (non-hydrogen) atoms. The van der Waals surface area contributed by atoms with E-state index < -0.39 is 0 Å². The van der Waals surface area contributed by atoms with Crippen molar-refractivity contribution >= 4 is 39.3 Å². The van der Waals surface area contributed by atoms with Crippen LogP contribution in [0.3, 0.4) is 0 Å². The molecular weight excluding hydrogens is 450 g/mol. The molecule has 0 fully saturated rings. The summed E-state index contributed by atoms with van der Waals surface area (Å²) in [6.07, 6.45) is 2.05. The largest absolute Gasteiger partial charge is 0.394 e. The minimum absolute atomic E-state index is 0.312. The lowest BCUT2D eigenvalue weighted by atomic mass is 10.1. The Hall–Kier alpha value is -3.46. The number of hydrogen-bond donors (Lipinski definition) is 2. The Morgan fingerprint density at radius 2 is 1.90 bits per heavy atom. The molecule has 2 N–H and O–H groups in total. The van der Waals surface area contributed by atoms with Crippen molar-refractivity contribution in [3.8, 4) is 5.69 Å². The van der Waals surface area contributed by atoms with Gasteiger partial charge in [-0.1, -0.05) is 29.4 Å². The van der Waals surface area contributed by atoms with E-state index in [0.717, 1.165) is 11.3 Å². The predicted molar refractivity (Wildman–Crippen MR) is 116 cm³/mol. The van der Waals surface area contributed by atoms with Crippen molar-refractivity contribution in [2.24, 2.45) is 5.16 Å². The number of rotatable bonds is 4. The van der Waals surface area contributed by atoms with Crippen LogP contribution in [0.4, 0.5) is 5.69 Å². The third kappa shape index (κ3) is 4.11. The third-order valence-electron chi connectivity index (χ3n) is 4.57. The number of nitrogens with one attached hydrogen (secondary N) is 2. The highest BCUT2D eigenvalue weighted by molar-refractivity contribution is 9.10. The Bertz CT molecular complexity index is 1140. The SMILES string of the molecule is Cc1ccc(C(=O)NC2=NOCC2)cc1NC(=O)c1cnn(-c2ccccc2)c1Br. The lowest BCUT2D eigenvalue weighted by molar-refractivity contribution is 0.0973. The van der Waals surface area contributed by atoms with Crippen molar-refractivity contribution in [1.29, 1.82) is 0 Å². The highest BCUT2D eigenvalue weighted by atomic mass is 79.9. The summed E-state index contributed by atoms with van der Waals surface area (Å²) in [7, 11) is 0. The van der Waals surface area contributed by atoms with Crippen molar-refractivity contribution in [1.82, 2.24) is 15.1 Å². The van der Waals surface area contributed by atoms with Crippen LogP contribution in [-0.4, -0.2) is 34.0 Å². The molecule has 0 saturated heterocycles. The molecule has 0 aliphatic carbocycles. The zero-order valence-corrected chi connectivity index (χ0v) is 17.6. The first-order valence-corrected chi connectivity index (χ1v) is 10.0. The van der Waals surface area contributed by atoms with Gasteiger partial charge in [0, 0.05) is 17.7 Å². The predicted octanol–water partition coefficient (Wildman–Crippen LogP) is 3.66. The number of amides is 2. The first kappa shape index (κ1) is 19.8. The fraction of sp³-hybridized carbons (Fsp3) is 0.143. The molecule has 1 aliphatic heterocycles. The summed E-state index contributed by atoms with van der Waals surface area (Å²) < 4.78 is 2.17. The molecule has 8 nitrogen and oxygen atoms in total. The van der Waals surface area contributed by atoms with Crippen molar-refractivity contribution in [3.05, 3.63) is 76.0 Å². The van der Waals surface area contributed by atoms with Crippen LogP contribution in [0.25, 0.3) is 5.69 Å². The van der Waals surface area contributed by atoms with Crippen molar-refractivity contribution in [3.63, 3.8) is 0 Å². The maximum Gasteiger partial charge on any atom is 0.260 e. The fourth-order valence-electron chi connectivity index (χ4n) is 2.92. The zero-order valence-electron chi connectivity index (χ0n) is 16.1. The van der Waals surface area contributed by atoms with Gasteiger partial charge in [-0.25, -0.2) is 4.68 Å². The molecule has 0 unspecified atom stereocenters. The Kier molecular flexibility index (Phi) is 5.62. The van der Waals surface area contributed by atoms with Crippen LogP contribution in [0.1, 0.15) is 32.7 Å². The Balaban J connectivity index is 1.53. The van der Waals surface area contributed by atoms with Gasteiger partial charge in [0.05, 0.1) is 17.4 Å². The first-order valence-electron chi connectivity index (χ1n) is 9.24. The number of halogens is 1. The molecule has 9 heteroatoms. The second-order valence-electron chi connectivity index (χ2n) is 6.66. The van der Waals surface area contributed by atoms with E-state index in [2.05, 4.69) is 36.8 Å². The van der Waals surface area contributed by atoms with E-state index in [1.807, 2.05) is 37.3 Å². The molecule has 0 radical (unpaired) electrons. The molecule has 1 aliphatic rings. The van der Waals surface area contributed by atoms with Crippen LogP contribution in [0.2, 0.25) is 0 Å². The van der Waals surface area contributed by atoms with E-state index in [-0.39, 0.29) is 11.8 Å². The lowest BCUT2D eigenvalue weighted by Crippen LogP contribution is -2.29. The summed E-state index contributed by atoms with van der Waals surface area (Å²) in [4.78, 5) is 30.2. The molecule has 152 valence electrons. The maximum absolute atomic E-state index is 12.9. The molecule has 0 spiro atoms. The van der Waals surface area contributed by atoms with Gasteiger partial charge >= 0.3 is 0 Å². The number of hydrogen-bond acceptors (Lipinski definition) is 5. The lowest BCUT2D eigenvalue weighted by Gasteiger charge is -2.11. The Morgan fingerprint density at radius 3 is 2.63 bits per heavy atom. The monoisotopic (exact) mass is 467 g/mol. The first-order chi connectivity index (χ1) is 14.5. The molecule has 3 aromatic rings. The highest BCUT2D eigenvalue weighted by Gasteiger charge is 2.19. The van der Waals surface area contributed by atoms with Crippen LogP contribution in [0.15, 0.2) is 64.5 Å². The minimum atomic E-state index is -0.335. The Labute approximate surface area is 181 Å². The summed E-state index contributed by atoms with van der Waals surface area (Å²) >= 11 is 3.46. The van der Waals surface area contributed by atoms with E-state index in [1.54, 1.807) is 22.9 Å². The van der Waals surface area contributed by atoms with E-state index >= 15 is 0 Å². The summed E-state index contributed by atoms with van der Waals surface area (Å²) in [5.41, 5.74) is 2.98. The van der Waals surface area contributed by atoms with Crippen LogP contribution < -0.4 is 10.6 Å². The summed E-state index contributed by atoms with van der Waals surface area (Å²) in [5, 5.41) is 13.6. The topological polar surface area (TPSA) is 97.6 Å². The number of carbonyl (C=O) groups excluding carboxylic acids is 2. The molecule has 0 atom stereocenters. The number of carbonyl (C=O) groups is 2. The maximum atomic E-state index is 12.9. The molecule has 2 amide bonds. The van der Waals surface area contributed by atoms with Gasteiger partial charge in [-0.2, -0.15) is 5.10 Å². The van der Waals surface area contributed by atoms with Gasteiger partial charge in [0.15, 0.2) is 5.84 Å². The van der Waals surface area contributed by atoms with Gasteiger partial charge in [0.2, 0.25) is 0 Å². The van der Waals surface area contributed by atoms with Gasteiger partial charge in [-0.05, 0) is 52.7 Å². The number of benzene rings is 2. The molecule has 0 saturated carbocycles. The molecule has 1 aromatic heterocycles. The second kappa shape index (κ2) is 8.50. The van der Waals surface area contributed by atoms with Gasteiger partial charge in [-0.3, -0.25) is 9.59 Å². The quantitative estimate of drug-likeness (QED) is 0.611. The van der Waals surface area contributed by atoms with Crippen LogP contribution in [0, 0.1) is 6.92 Å². The fourth-order valence-corrected chi connectivity index (χ4v) is 3.50. The summed E-state index contributed by atoms with van der Waals surface area (Å²) in [5.74, 6) is -0.158. The zero-order chi connectivity index (χ0) is 21.1. The summed E-state index contributed by atoms with van der Waals surface area (Å²) in [6, 6.07) is 14.6. The van der Waals surface area contributed by atoms with Crippen LogP contribution >= 0.6 is 15.9 Å². The number of para-hydroxylation sites is 1. The van der Waals surface area contributed by atoms with Crippen molar-refractivity contribution < 1.29 is 14.4 Å². The number of aromatic nitrogens is 2. The Morgan fingerprint density at radius 1 is 1.10 bits per heavy atom. The van der Waals surface area contributed by atoms with Crippen molar-refractivity contribution in [2.45, 2.75) is 13.3 Å².